The Hall–Kier alpha value is -1.58. The van der Waals surface area contributed by atoms with E-state index in [0.717, 1.165) is 44.9 Å². The number of carbonyl (C=O) groups excluding carboxylic acids is 1. The Morgan fingerprint density at radius 1 is 0.681 bits per heavy atom. The van der Waals surface area contributed by atoms with Crippen LogP contribution >= 0.6 is 7.82 Å². The minimum atomic E-state index is -4.53. The average molecular weight is 687 g/mol. The molecule has 0 fully saturated rings. The van der Waals surface area contributed by atoms with Crippen LogP contribution in [-0.2, 0) is 27.9 Å². The van der Waals surface area contributed by atoms with Gasteiger partial charge in [-0.05, 0) is 38.5 Å². The molecule has 0 radical (unpaired) electrons. The van der Waals surface area contributed by atoms with Gasteiger partial charge in [0.15, 0.2) is 0 Å². The third-order valence-corrected chi connectivity index (χ3v) is 8.24. The summed E-state index contributed by atoms with van der Waals surface area (Å²) in [4.78, 5) is 22.4. The van der Waals surface area contributed by atoms with E-state index in [1.165, 1.54) is 64.2 Å². The Morgan fingerprint density at radius 3 is 1.70 bits per heavy atom. The SMILES string of the molecule is CC/C=C\C/C=C\C/C=C\C/C=C\CCC(=O)OC(COCCCCCCCCCCCCCCC)COP(=O)(O)OCC(O)CO. The van der Waals surface area contributed by atoms with Crippen molar-refractivity contribution in [3.05, 3.63) is 48.6 Å². The third kappa shape index (κ3) is 34.1. The highest BCUT2D eigenvalue weighted by Crippen LogP contribution is 2.43. The average Bonchev–Trinajstić information content (AvgIpc) is 3.06. The van der Waals surface area contributed by atoms with Gasteiger partial charge in [0.25, 0.3) is 0 Å². The standard InChI is InChI=1S/C37H67O9P/c1-3-5-7-9-11-13-15-17-19-21-23-25-27-29-37(40)46-36(34-45-47(41,42)44-32-35(39)31-38)33-43-30-28-26-24-22-20-18-16-14-12-10-8-6-4-2/h5,7,11,13,17,19,23,25,35-36,38-39H,3-4,6,8-10,12,14-16,18,20-22,24,26-34H2,1-2H3,(H,41,42)/b7-5-,13-11-,19-17-,25-23-. The molecule has 9 nitrogen and oxygen atoms in total. The van der Waals surface area contributed by atoms with Crippen molar-refractivity contribution in [2.75, 3.05) is 33.0 Å². The number of phosphoric acid groups is 1. The molecule has 0 aromatic heterocycles. The Morgan fingerprint density at radius 2 is 1.17 bits per heavy atom. The number of hydrogen-bond acceptors (Lipinski definition) is 8. The molecule has 0 aliphatic heterocycles. The minimum absolute atomic E-state index is 0.0211. The van der Waals surface area contributed by atoms with E-state index < -0.39 is 45.8 Å². The fraction of sp³-hybridized carbons (Fsp3) is 0.757. The summed E-state index contributed by atoms with van der Waals surface area (Å²) in [6, 6.07) is 0. The number of phosphoric ester groups is 1. The number of rotatable bonds is 34. The lowest BCUT2D eigenvalue weighted by atomic mass is 10.0. The molecule has 0 aromatic carbocycles. The molecule has 0 saturated carbocycles. The maximum absolute atomic E-state index is 12.5. The van der Waals surface area contributed by atoms with E-state index >= 15 is 0 Å². The largest absolute Gasteiger partial charge is 0.472 e. The van der Waals surface area contributed by atoms with Gasteiger partial charge in [-0.3, -0.25) is 13.8 Å². The summed E-state index contributed by atoms with van der Waals surface area (Å²) in [6.07, 6.45) is 35.1. The molecule has 0 saturated heterocycles. The first-order valence-corrected chi connectivity index (χ1v) is 19.6. The molecule has 0 aliphatic rings. The molecule has 0 aromatic rings. The summed E-state index contributed by atoms with van der Waals surface area (Å²) in [5, 5.41) is 18.2. The van der Waals surface area contributed by atoms with E-state index in [4.69, 9.17) is 23.6 Å². The molecule has 0 spiro atoms. The third-order valence-electron chi connectivity index (χ3n) is 7.29. The molecule has 3 N–H and O–H groups in total. The number of hydrogen-bond donors (Lipinski definition) is 3. The number of esters is 1. The molecular formula is C37H67O9P. The van der Waals surface area contributed by atoms with E-state index in [9.17, 15) is 19.4 Å². The molecule has 0 bridgehead atoms. The molecule has 0 heterocycles. The van der Waals surface area contributed by atoms with Gasteiger partial charge in [0.05, 0.1) is 26.4 Å². The summed E-state index contributed by atoms with van der Waals surface area (Å²) < 4.78 is 33.1. The Bertz CT molecular complexity index is 872. The lowest BCUT2D eigenvalue weighted by molar-refractivity contribution is -0.154. The molecular weight excluding hydrogens is 619 g/mol. The smallest absolute Gasteiger partial charge is 0.457 e. The minimum Gasteiger partial charge on any atom is -0.457 e. The van der Waals surface area contributed by atoms with E-state index in [1.807, 2.05) is 12.2 Å². The van der Waals surface area contributed by atoms with Crippen LogP contribution in [0.3, 0.4) is 0 Å². The quantitative estimate of drug-likeness (QED) is 0.0262. The first-order chi connectivity index (χ1) is 22.8. The molecule has 47 heavy (non-hydrogen) atoms. The first-order valence-electron chi connectivity index (χ1n) is 18.1. The van der Waals surface area contributed by atoms with E-state index in [-0.39, 0.29) is 13.0 Å². The molecule has 0 rings (SSSR count). The van der Waals surface area contributed by atoms with Crippen molar-refractivity contribution in [3.8, 4) is 0 Å². The number of aliphatic hydroxyl groups is 2. The second-order valence-electron chi connectivity index (χ2n) is 11.9. The number of unbranched alkanes of at least 4 members (excludes halogenated alkanes) is 12. The van der Waals surface area contributed by atoms with Crippen LogP contribution in [0.15, 0.2) is 48.6 Å². The van der Waals surface area contributed by atoms with Gasteiger partial charge in [-0.15, -0.1) is 0 Å². The monoisotopic (exact) mass is 686 g/mol. The zero-order chi connectivity index (χ0) is 34.7. The molecule has 0 aliphatic carbocycles. The summed E-state index contributed by atoms with van der Waals surface area (Å²) in [5.41, 5.74) is 0. The van der Waals surface area contributed by atoms with Crippen LogP contribution < -0.4 is 0 Å². The predicted octanol–water partition coefficient (Wildman–Crippen LogP) is 9.08. The predicted molar refractivity (Wildman–Crippen MR) is 191 cm³/mol. The topological polar surface area (TPSA) is 132 Å². The lowest BCUT2D eigenvalue weighted by Gasteiger charge is -2.20. The van der Waals surface area contributed by atoms with Crippen molar-refractivity contribution in [1.29, 1.82) is 0 Å². The van der Waals surface area contributed by atoms with Gasteiger partial charge in [-0.1, -0.05) is 140 Å². The van der Waals surface area contributed by atoms with Gasteiger partial charge >= 0.3 is 13.8 Å². The van der Waals surface area contributed by atoms with Crippen LogP contribution in [-0.4, -0.2) is 66.3 Å². The second-order valence-corrected chi connectivity index (χ2v) is 13.3. The van der Waals surface area contributed by atoms with Gasteiger partial charge in [0.1, 0.15) is 12.2 Å². The van der Waals surface area contributed by atoms with Crippen LogP contribution in [0.1, 0.15) is 136 Å². The molecule has 10 heteroatoms. The van der Waals surface area contributed by atoms with Crippen LogP contribution in [0.25, 0.3) is 0 Å². The van der Waals surface area contributed by atoms with Crippen molar-refractivity contribution < 1.29 is 43.0 Å². The Kier molecular flexibility index (Phi) is 33.1. The highest BCUT2D eigenvalue weighted by atomic mass is 31.2. The first kappa shape index (κ1) is 45.4. The summed E-state index contributed by atoms with van der Waals surface area (Å²) in [6.45, 7) is 3.28. The maximum Gasteiger partial charge on any atom is 0.472 e. The fourth-order valence-electron chi connectivity index (χ4n) is 4.54. The highest BCUT2D eigenvalue weighted by Gasteiger charge is 2.26. The lowest BCUT2D eigenvalue weighted by Crippen LogP contribution is -2.29. The zero-order valence-corrected chi connectivity index (χ0v) is 30.4. The van der Waals surface area contributed by atoms with Gasteiger partial charge in [-0.2, -0.15) is 0 Å². The van der Waals surface area contributed by atoms with Crippen LogP contribution in [0.5, 0.6) is 0 Å². The van der Waals surface area contributed by atoms with Crippen LogP contribution in [0, 0.1) is 0 Å². The molecule has 0 amide bonds. The Balaban J connectivity index is 4.37. The van der Waals surface area contributed by atoms with Gasteiger partial charge in [0.2, 0.25) is 0 Å². The number of ether oxygens (including phenoxy) is 2. The maximum atomic E-state index is 12.5. The Labute approximate surface area is 286 Å². The summed E-state index contributed by atoms with van der Waals surface area (Å²) >= 11 is 0. The van der Waals surface area contributed by atoms with Crippen LogP contribution in [0.4, 0.5) is 0 Å². The van der Waals surface area contributed by atoms with E-state index in [1.54, 1.807) is 0 Å². The van der Waals surface area contributed by atoms with Crippen molar-refractivity contribution in [2.24, 2.45) is 0 Å². The van der Waals surface area contributed by atoms with Crippen LogP contribution in [0.2, 0.25) is 0 Å². The van der Waals surface area contributed by atoms with Gasteiger partial charge < -0.3 is 24.6 Å². The van der Waals surface area contributed by atoms with Crippen molar-refractivity contribution in [2.45, 2.75) is 148 Å². The normalized spacial score (nSPS) is 14.9. The highest BCUT2D eigenvalue weighted by molar-refractivity contribution is 7.47. The summed E-state index contributed by atoms with van der Waals surface area (Å²) in [5.74, 6) is -0.463. The van der Waals surface area contributed by atoms with Gasteiger partial charge in [-0.25, -0.2) is 4.57 Å². The number of carbonyl (C=O) groups is 1. The molecule has 3 atom stereocenters. The van der Waals surface area contributed by atoms with Crippen molar-refractivity contribution in [3.63, 3.8) is 0 Å². The fourth-order valence-corrected chi connectivity index (χ4v) is 5.33. The molecule has 3 unspecified atom stereocenters. The summed E-state index contributed by atoms with van der Waals surface area (Å²) in [7, 11) is -4.53. The molecule has 274 valence electrons. The zero-order valence-electron chi connectivity index (χ0n) is 29.5. The van der Waals surface area contributed by atoms with E-state index in [0.29, 0.717) is 13.0 Å². The van der Waals surface area contributed by atoms with Crippen molar-refractivity contribution >= 4 is 13.8 Å². The number of allylic oxidation sites excluding steroid dienone is 8. The number of aliphatic hydroxyl groups excluding tert-OH is 2. The van der Waals surface area contributed by atoms with Gasteiger partial charge in [0, 0.05) is 13.0 Å². The van der Waals surface area contributed by atoms with Crippen molar-refractivity contribution in [1.82, 2.24) is 0 Å². The second kappa shape index (κ2) is 34.3. The van der Waals surface area contributed by atoms with E-state index in [2.05, 4.69) is 50.3 Å².